The van der Waals surface area contributed by atoms with Crippen molar-refractivity contribution in [2.45, 2.75) is 0 Å². The molecule has 0 bridgehead atoms. The van der Waals surface area contributed by atoms with Gasteiger partial charge in [0.1, 0.15) is 0 Å². The molecule has 0 fully saturated rings. The summed E-state index contributed by atoms with van der Waals surface area (Å²) in [5.41, 5.74) is 2.34. The van der Waals surface area contributed by atoms with Crippen LogP contribution in [0.5, 0.6) is 0 Å². The molecule has 0 amide bonds. The molecule has 0 atom stereocenters. The SMILES string of the molecule is [Ga][n]1ccc2ccc3cccnc3c21. The van der Waals surface area contributed by atoms with Gasteiger partial charge in [-0.2, -0.15) is 0 Å². The van der Waals surface area contributed by atoms with Gasteiger partial charge in [-0.15, -0.1) is 0 Å². The molecule has 0 aliphatic heterocycles. The zero-order valence-corrected chi connectivity index (χ0v) is 9.94. The first-order valence-corrected chi connectivity index (χ1v) is 5.54. The third kappa shape index (κ3) is 1.03. The first-order valence-electron chi connectivity index (χ1n) is 4.46. The molecule has 0 saturated carbocycles. The molecule has 3 rings (SSSR count). The van der Waals surface area contributed by atoms with E-state index in [1.165, 1.54) is 16.3 Å². The van der Waals surface area contributed by atoms with E-state index in [1.807, 2.05) is 12.3 Å². The van der Waals surface area contributed by atoms with Crippen molar-refractivity contribution in [2.75, 3.05) is 0 Å². The Hall–Kier alpha value is -1.19. The normalized spacial score (nSPS) is 11.1. The molecular formula is C11H7GaN2. The minimum absolute atomic E-state index is 1.10. The topological polar surface area (TPSA) is 17.8 Å². The van der Waals surface area contributed by atoms with Crippen molar-refractivity contribution in [3.63, 3.8) is 0 Å². The Bertz CT molecular complexity index is 613. The molecule has 64 valence electrons. The average Bonchev–Trinajstić information content (AvgIpc) is 2.61. The predicted molar refractivity (Wildman–Crippen MR) is 58.4 cm³/mol. The standard InChI is InChI=1S/C11H7N2.Ga/c1-2-8-3-4-9-5-7-13-11(9)10(8)12-6-1;/h1-7H;/q-1;+1. The third-order valence-corrected chi connectivity index (χ3v) is 3.35. The number of benzene rings is 1. The molecule has 3 heteroatoms. The van der Waals surface area contributed by atoms with Crippen LogP contribution in [0.4, 0.5) is 0 Å². The van der Waals surface area contributed by atoms with Crippen molar-refractivity contribution in [1.29, 1.82) is 0 Å². The third-order valence-electron chi connectivity index (χ3n) is 2.45. The quantitative estimate of drug-likeness (QED) is 0.547. The summed E-state index contributed by atoms with van der Waals surface area (Å²) in [5.74, 6) is 0. The van der Waals surface area contributed by atoms with Crippen LogP contribution in [0.1, 0.15) is 0 Å². The fraction of sp³-hybridized carbons (Fsp3) is 0. The molecule has 3 aromatic rings. The molecule has 0 aliphatic rings. The Morgan fingerprint density at radius 3 is 2.86 bits per heavy atom. The van der Waals surface area contributed by atoms with Crippen LogP contribution in [0, 0.1) is 0 Å². The summed E-state index contributed by atoms with van der Waals surface area (Å²) in [6.45, 7) is 0. The van der Waals surface area contributed by atoms with Crippen LogP contribution in [-0.2, 0) is 0 Å². The summed E-state index contributed by atoms with van der Waals surface area (Å²) in [6, 6.07) is 10.5. The Kier molecular flexibility index (Phi) is 1.69. The van der Waals surface area contributed by atoms with Gasteiger partial charge >= 0.3 is 91.6 Å². The number of hydrogen-bond acceptors (Lipinski definition) is 1. The Morgan fingerprint density at radius 2 is 1.93 bits per heavy atom. The fourth-order valence-electron chi connectivity index (χ4n) is 1.79. The van der Waals surface area contributed by atoms with E-state index in [0.717, 1.165) is 5.52 Å². The van der Waals surface area contributed by atoms with Crippen molar-refractivity contribution in [1.82, 2.24) is 8.26 Å². The second-order valence-corrected chi connectivity index (χ2v) is 4.47. The van der Waals surface area contributed by atoms with Crippen molar-refractivity contribution >= 4 is 40.6 Å². The average molecular weight is 237 g/mol. The second-order valence-electron chi connectivity index (χ2n) is 3.30. The van der Waals surface area contributed by atoms with E-state index < -0.39 is 0 Å². The molecule has 14 heavy (non-hydrogen) atoms. The van der Waals surface area contributed by atoms with Crippen LogP contribution in [0.25, 0.3) is 21.8 Å². The molecule has 2 radical (unpaired) electrons. The van der Waals surface area contributed by atoms with E-state index in [2.05, 4.69) is 38.7 Å². The molecular weight excluding hydrogens is 230 g/mol. The first-order chi connectivity index (χ1) is 6.86. The van der Waals surface area contributed by atoms with Crippen LogP contribution >= 0.6 is 0 Å². The van der Waals surface area contributed by atoms with Crippen molar-refractivity contribution in [2.24, 2.45) is 0 Å². The number of rotatable bonds is 0. The summed E-state index contributed by atoms with van der Waals surface area (Å²) in [5, 5.41) is 2.47. The molecule has 0 N–H and O–H groups in total. The van der Waals surface area contributed by atoms with Crippen LogP contribution in [0.2, 0.25) is 0 Å². The van der Waals surface area contributed by atoms with E-state index in [4.69, 9.17) is 0 Å². The number of aromatic nitrogens is 2. The van der Waals surface area contributed by atoms with E-state index >= 15 is 0 Å². The molecule has 0 spiro atoms. The number of hydrogen-bond donors (Lipinski definition) is 0. The zero-order chi connectivity index (χ0) is 9.54. The Labute approximate surface area is 91.7 Å². The molecule has 0 unspecified atom stereocenters. The van der Waals surface area contributed by atoms with Gasteiger partial charge in [-0.05, 0) is 0 Å². The summed E-state index contributed by atoms with van der Waals surface area (Å²) in [4.78, 5) is 4.43. The van der Waals surface area contributed by atoms with Gasteiger partial charge in [-0.3, -0.25) is 0 Å². The Balaban J connectivity index is 2.65. The molecule has 2 heterocycles. The summed E-state index contributed by atoms with van der Waals surface area (Å²) in [6.07, 6.45) is 3.94. The van der Waals surface area contributed by atoms with Gasteiger partial charge in [-0.25, -0.2) is 0 Å². The number of fused-ring (bicyclic) bond motifs is 3. The van der Waals surface area contributed by atoms with Crippen LogP contribution < -0.4 is 0 Å². The van der Waals surface area contributed by atoms with E-state index in [0.29, 0.717) is 0 Å². The molecule has 2 aromatic heterocycles. The van der Waals surface area contributed by atoms with Gasteiger partial charge in [0.2, 0.25) is 0 Å². The van der Waals surface area contributed by atoms with Crippen molar-refractivity contribution in [3.05, 3.63) is 42.7 Å². The number of nitrogens with zero attached hydrogens (tertiary/aromatic N) is 2. The van der Waals surface area contributed by atoms with Gasteiger partial charge in [0.05, 0.1) is 0 Å². The van der Waals surface area contributed by atoms with E-state index in [1.54, 1.807) is 18.8 Å². The Morgan fingerprint density at radius 1 is 1.07 bits per heavy atom. The monoisotopic (exact) mass is 236 g/mol. The van der Waals surface area contributed by atoms with E-state index in [9.17, 15) is 0 Å². The van der Waals surface area contributed by atoms with Gasteiger partial charge < -0.3 is 0 Å². The van der Waals surface area contributed by atoms with E-state index in [-0.39, 0.29) is 0 Å². The maximum absolute atomic E-state index is 4.43. The first kappa shape index (κ1) is 8.14. The van der Waals surface area contributed by atoms with Crippen LogP contribution in [0.15, 0.2) is 42.7 Å². The minimum atomic E-state index is 1.10. The summed E-state index contributed by atoms with van der Waals surface area (Å²) < 4.78 is 2.18. The predicted octanol–water partition coefficient (Wildman–Crippen LogP) is 2.12. The fourth-order valence-corrected chi connectivity index (χ4v) is 2.54. The van der Waals surface area contributed by atoms with Gasteiger partial charge in [0.25, 0.3) is 0 Å². The van der Waals surface area contributed by atoms with Crippen molar-refractivity contribution in [3.8, 4) is 0 Å². The second kappa shape index (κ2) is 2.90. The van der Waals surface area contributed by atoms with Crippen LogP contribution in [0.3, 0.4) is 0 Å². The van der Waals surface area contributed by atoms with Gasteiger partial charge in [-0.1, -0.05) is 0 Å². The maximum atomic E-state index is 4.43. The van der Waals surface area contributed by atoms with Gasteiger partial charge in [0.15, 0.2) is 0 Å². The van der Waals surface area contributed by atoms with Gasteiger partial charge in [0, 0.05) is 0 Å². The van der Waals surface area contributed by atoms with Crippen molar-refractivity contribution < 1.29 is 0 Å². The summed E-state index contributed by atoms with van der Waals surface area (Å²) >= 11 is 1.58. The molecule has 2 nitrogen and oxygen atoms in total. The molecule has 1 aromatic carbocycles. The number of pyridine rings is 1. The summed E-state index contributed by atoms with van der Waals surface area (Å²) in [7, 11) is 0. The molecule has 0 saturated heterocycles. The zero-order valence-electron chi connectivity index (χ0n) is 7.51. The van der Waals surface area contributed by atoms with Crippen LogP contribution in [-0.4, -0.2) is 27.1 Å². The molecule has 0 aliphatic carbocycles.